The van der Waals surface area contributed by atoms with Gasteiger partial charge in [0.2, 0.25) is 0 Å². The lowest BCUT2D eigenvalue weighted by atomic mass is 10.3. The number of nitrogens with one attached hydrogen (secondary N) is 1. The number of hydrogen-bond acceptors (Lipinski definition) is 4. The van der Waals surface area contributed by atoms with Crippen molar-refractivity contribution in [3.05, 3.63) is 11.1 Å². The van der Waals surface area contributed by atoms with Gasteiger partial charge in [0.1, 0.15) is 0 Å². The number of aromatic nitrogens is 2. The minimum absolute atomic E-state index is 0.0639. The largest absolute Gasteiger partial charge is 0.370 e. The van der Waals surface area contributed by atoms with E-state index in [4.69, 9.17) is 5.73 Å². The van der Waals surface area contributed by atoms with Crippen molar-refractivity contribution < 1.29 is 0 Å². The van der Waals surface area contributed by atoms with E-state index in [1.807, 2.05) is 19.2 Å². The molecule has 0 spiro atoms. The Hall–Kier alpha value is -1.17. The van der Waals surface area contributed by atoms with Gasteiger partial charge in [-0.15, -0.1) is 5.10 Å². The predicted molar refractivity (Wildman–Crippen MR) is 53.6 cm³/mol. The van der Waals surface area contributed by atoms with E-state index in [0.29, 0.717) is 12.5 Å². The van der Waals surface area contributed by atoms with Gasteiger partial charge in [0.25, 0.3) is 0 Å². The quantitative estimate of drug-likeness (QED) is 0.550. The van der Waals surface area contributed by atoms with Crippen LogP contribution in [0.2, 0.25) is 0 Å². The lowest BCUT2D eigenvalue weighted by Crippen LogP contribution is -2.34. The Labute approximate surface area is 81.2 Å². The summed E-state index contributed by atoms with van der Waals surface area (Å²) in [5.74, 6) is 0.447. The highest BCUT2D eigenvalue weighted by Crippen LogP contribution is 2.08. The molecule has 3 N–H and O–H groups in total. The van der Waals surface area contributed by atoms with E-state index >= 15 is 0 Å². The van der Waals surface area contributed by atoms with Crippen LogP contribution in [0.3, 0.4) is 0 Å². The third kappa shape index (κ3) is 2.98. The number of nitrogens with two attached hydrogens (primary N) is 1. The second-order valence-corrected chi connectivity index (χ2v) is 3.17. The lowest BCUT2D eigenvalue weighted by molar-refractivity contribution is 0.681. The molecule has 1 rings (SSSR count). The smallest absolute Gasteiger partial charge is 0.189 e. The van der Waals surface area contributed by atoms with Crippen molar-refractivity contribution in [2.45, 2.75) is 19.9 Å². The Kier molecular flexibility index (Phi) is 3.63. The van der Waals surface area contributed by atoms with E-state index < -0.39 is 0 Å². The number of nitrogens with zero attached hydrogens (tertiary/aromatic N) is 3. The van der Waals surface area contributed by atoms with Gasteiger partial charge in [0.05, 0.1) is 11.7 Å². The first-order chi connectivity index (χ1) is 6.24. The molecule has 1 aromatic rings. The monoisotopic (exact) mass is 199 g/mol. The third-order valence-corrected chi connectivity index (χ3v) is 2.04. The standard InChI is InChI=1S/C7H13N5S/c1-3-9-7(8)10-5(2)6-4-13-12-11-6/h4-5H,3H2,1-2H3,(H3,8,9,10). The molecule has 0 amide bonds. The molecule has 6 heteroatoms. The van der Waals surface area contributed by atoms with Gasteiger partial charge in [-0.2, -0.15) is 0 Å². The van der Waals surface area contributed by atoms with E-state index in [-0.39, 0.29) is 6.04 Å². The minimum atomic E-state index is 0.0639. The predicted octanol–water partition coefficient (Wildman–Crippen LogP) is 0.523. The topological polar surface area (TPSA) is 76.2 Å². The molecule has 0 saturated heterocycles. The molecule has 13 heavy (non-hydrogen) atoms. The van der Waals surface area contributed by atoms with Crippen molar-refractivity contribution in [1.82, 2.24) is 14.9 Å². The van der Waals surface area contributed by atoms with Gasteiger partial charge < -0.3 is 11.1 Å². The maximum absolute atomic E-state index is 5.59. The molecule has 1 aromatic heterocycles. The molecule has 72 valence electrons. The second-order valence-electron chi connectivity index (χ2n) is 2.56. The van der Waals surface area contributed by atoms with Gasteiger partial charge in [0.15, 0.2) is 5.96 Å². The van der Waals surface area contributed by atoms with Crippen molar-refractivity contribution in [1.29, 1.82) is 0 Å². The van der Waals surface area contributed by atoms with Gasteiger partial charge in [-0.1, -0.05) is 4.49 Å². The van der Waals surface area contributed by atoms with Crippen LogP contribution in [0.4, 0.5) is 0 Å². The summed E-state index contributed by atoms with van der Waals surface area (Å²) in [7, 11) is 0. The first kappa shape index (κ1) is 9.91. The normalized spacial score (nSPS) is 14.2. The molecule has 0 aliphatic heterocycles. The Bertz CT molecular complexity index is 268. The summed E-state index contributed by atoms with van der Waals surface area (Å²) in [4.78, 5) is 4.01. The van der Waals surface area contributed by atoms with Crippen LogP contribution in [-0.4, -0.2) is 22.1 Å². The van der Waals surface area contributed by atoms with Gasteiger partial charge in [-0.05, 0) is 25.4 Å². The molecule has 0 fully saturated rings. The zero-order valence-electron chi connectivity index (χ0n) is 7.69. The Morgan fingerprint density at radius 2 is 2.62 bits per heavy atom. The molecule has 1 heterocycles. The fraction of sp³-hybridized carbons (Fsp3) is 0.571. The number of hydrogen-bond donors (Lipinski definition) is 2. The summed E-state index contributed by atoms with van der Waals surface area (Å²) >= 11 is 1.33. The summed E-state index contributed by atoms with van der Waals surface area (Å²) in [6.07, 6.45) is 0. The highest BCUT2D eigenvalue weighted by atomic mass is 32.1. The molecule has 1 unspecified atom stereocenters. The van der Waals surface area contributed by atoms with Crippen LogP contribution in [0.15, 0.2) is 10.4 Å². The Morgan fingerprint density at radius 3 is 3.15 bits per heavy atom. The van der Waals surface area contributed by atoms with Gasteiger partial charge in [0, 0.05) is 11.9 Å². The van der Waals surface area contributed by atoms with Crippen molar-refractivity contribution in [2.75, 3.05) is 6.54 Å². The molecule has 5 nitrogen and oxygen atoms in total. The lowest BCUT2D eigenvalue weighted by Gasteiger charge is -2.10. The zero-order chi connectivity index (χ0) is 9.68. The molecule has 0 radical (unpaired) electrons. The molecule has 0 saturated carbocycles. The molecule has 0 aromatic carbocycles. The molecule has 0 bridgehead atoms. The van der Waals surface area contributed by atoms with E-state index in [1.54, 1.807) is 0 Å². The summed E-state index contributed by atoms with van der Waals surface area (Å²) in [6.45, 7) is 4.58. The number of rotatable bonds is 3. The minimum Gasteiger partial charge on any atom is -0.370 e. The van der Waals surface area contributed by atoms with Gasteiger partial charge in [-0.3, -0.25) is 4.99 Å². The SMILES string of the molecule is CCN=C(N)NC(C)c1csnn1. The molecule has 0 aliphatic rings. The summed E-state index contributed by atoms with van der Waals surface area (Å²) < 4.78 is 3.77. The van der Waals surface area contributed by atoms with Crippen LogP contribution in [0.5, 0.6) is 0 Å². The van der Waals surface area contributed by atoms with Gasteiger partial charge in [-0.25, -0.2) is 0 Å². The molecule has 1 atom stereocenters. The van der Waals surface area contributed by atoms with Crippen LogP contribution in [-0.2, 0) is 0 Å². The summed E-state index contributed by atoms with van der Waals surface area (Å²) in [6, 6.07) is 0.0639. The van der Waals surface area contributed by atoms with Crippen LogP contribution in [0.1, 0.15) is 25.6 Å². The van der Waals surface area contributed by atoms with Crippen LogP contribution >= 0.6 is 11.5 Å². The maximum Gasteiger partial charge on any atom is 0.189 e. The Balaban J connectivity index is 2.51. The highest BCUT2D eigenvalue weighted by Gasteiger charge is 2.07. The van der Waals surface area contributed by atoms with E-state index in [2.05, 4.69) is 19.9 Å². The first-order valence-electron chi connectivity index (χ1n) is 4.07. The second kappa shape index (κ2) is 4.76. The van der Waals surface area contributed by atoms with Crippen molar-refractivity contribution in [3.63, 3.8) is 0 Å². The maximum atomic E-state index is 5.59. The fourth-order valence-corrected chi connectivity index (χ4v) is 1.42. The van der Waals surface area contributed by atoms with Crippen LogP contribution in [0.25, 0.3) is 0 Å². The van der Waals surface area contributed by atoms with Crippen LogP contribution in [0, 0.1) is 0 Å². The third-order valence-electron chi connectivity index (χ3n) is 1.51. The van der Waals surface area contributed by atoms with E-state index in [0.717, 1.165) is 5.69 Å². The number of guanidine groups is 1. The fourth-order valence-electron chi connectivity index (χ4n) is 0.872. The van der Waals surface area contributed by atoms with Crippen molar-refractivity contribution >= 4 is 17.5 Å². The molecular weight excluding hydrogens is 186 g/mol. The average molecular weight is 199 g/mol. The summed E-state index contributed by atoms with van der Waals surface area (Å²) in [5.41, 5.74) is 6.47. The van der Waals surface area contributed by atoms with Gasteiger partial charge >= 0.3 is 0 Å². The Morgan fingerprint density at radius 1 is 1.85 bits per heavy atom. The molecule has 0 aliphatic carbocycles. The first-order valence-corrected chi connectivity index (χ1v) is 4.91. The average Bonchev–Trinajstić information content (AvgIpc) is 2.55. The van der Waals surface area contributed by atoms with Crippen molar-refractivity contribution in [3.8, 4) is 0 Å². The van der Waals surface area contributed by atoms with Crippen LogP contribution < -0.4 is 11.1 Å². The molecular formula is C7H13N5S. The zero-order valence-corrected chi connectivity index (χ0v) is 8.51. The van der Waals surface area contributed by atoms with E-state index in [9.17, 15) is 0 Å². The summed E-state index contributed by atoms with van der Waals surface area (Å²) in [5, 5.41) is 8.83. The number of aliphatic imine (C=N–C) groups is 1. The highest BCUT2D eigenvalue weighted by molar-refractivity contribution is 7.03. The van der Waals surface area contributed by atoms with E-state index in [1.165, 1.54) is 11.5 Å². The van der Waals surface area contributed by atoms with Crippen molar-refractivity contribution in [2.24, 2.45) is 10.7 Å².